The van der Waals surface area contributed by atoms with Crippen LogP contribution in [0.15, 0.2) is 23.8 Å². The maximum atomic E-state index is 10.0. The summed E-state index contributed by atoms with van der Waals surface area (Å²) >= 11 is 0. The molecule has 1 saturated heterocycles. The van der Waals surface area contributed by atoms with Crippen LogP contribution in [0, 0.1) is 22.7 Å². The second-order valence-corrected chi connectivity index (χ2v) is 8.37. The van der Waals surface area contributed by atoms with E-state index in [4.69, 9.17) is 4.74 Å². The standard InChI is InChI=1S/C20H32O2/c1-15-5-8-18-19(2,14-21)10-4-11-20(18,3)17(15)7-6-16-9-12-22-13-16/h6,17-18,21H,1,4-5,7-14H2,2-3H3/b16-6-/t17-,18-,19+,20+/m1/s1. The molecule has 124 valence electrons. The Morgan fingerprint density at radius 1 is 1.32 bits per heavy atom. The number of hydrogen-bond acceptors (Lipinski definition) is 2. The first-order valence-electron chi connectivity index (χ1n) is 9.04. The molecule has 2 nitrogen and oxygen atoms in total. The molecular weight excluding hydrogens is 272 g/mol. The van der Waals surface area contributed by atoms with Crippen molar-refractivity contribution in [3.8, 4) is 0 Å². The third-order valence-electron chi connectivity index (χ3n) is 7.00. The Morgan fingerprint density at radius 2 is 2.14 bits per heavy atom. The van der Waals surface area contributed by atoms with Crippen molar-refractivity contribution in [2.24, 2.45) is 22.7 Å². The van der Waals surface area contributed by atoms with Crippen molar-refractivity contribution in [2.75, 3.05) is 19.8 Å². The van der Waals surface area contributed by atoms with Crippen LogP contribution in [0.3, 0.4) is 0 Å². The van der Waals surface area contributed by atoms with Gasteiger partial charge in [-0.05, 0) is 66.8 Å². The van der Waals surface area contributed by atoms with Crippen LogP contribution >= 0.6 is 0 Å². The van der Waals surface area contributed by atoms with Gasteiger partial charge in [-0.15, -0.1) is 0 Å². The van der Waals surface area contributed by atoms with Gasteiger partial charge >= 0.3 is 0 Å². The van der Waals surface area contributed by atoms with E-state index < -0.39 is 0 Å². The molecule has 22 heavy (non-hydrogen) atoms. The average molecular weight is 304 g/mol. The highest BCUT2D eigenvalue weighted by Gasteiger charge is 2.53. The Morgan fingerprint density at radius 3 is 2.82 bits per heavy atom. The van der Waals surface area contributed by atoms with E-state index >= 15 is 0 Å². The first-order valence-corrected chi connectivity index (χ1v) is 9.04. The second-order valence-electron chi connectivity index (χ2n) is 8.37. The summed E-state index contributed by atoms with van der Waals surface area (Å²) in [5.74, 6) is 1.21. The first-order chi connectivity index (χ1) is 10.5. The van der Waals surface area contributed by atoms with Crippen LogP contribution < -0.4 is 0 Å². The Balaban J connectivity index is 1.84. The van der Waals surface area contributed by atoms with Gasteiger partial charge in [-0.1, -0.05) is 38.5 Å². The molecule has 0 spiro atoms. The maximum Gasteiger partial charge on any atom is 0.0677 e. The predicted octanol–water partition coefficient (Wildman–Crippen LogP) is 4.49. The Labute approximate surface area is 135 Å². The van der Waals surface area contributed by atoms with Gasteiger partial charge in [0.25, 0.3) is 0 Å². The minimum Gasteiger partial charge on any atom is -0.396 e. The summed E-state index contributed by atoms with van der Waals surface area (Å²) in [7, 11) is 0. The minimum atomic E-state index is 0.107. The van der Waals surface area contributed by atoms with Crippen LogP contribution in [0.5, 0.6) is 0 Å². The SMILES string of the molecule is C=C1CC[C@@H]2[C@](C)(CO)CCC[C@@]2(C)[C@@H]1C/C=C1/CCOC1. The quantitative estimate of drug-likeness (QED) is 0.778. The molecule has 3 aliphatic rings. The normalized spacial score (nSPS) is 44.3. The van der Waals surface area contributed by atoms with E-state index in [0.717, 1.165) is 32.5 Å². The van der Waals surface area contributed by atoms with Crippen molar-refractivity contribution in [3.63, 3.8) is 0 Å². The van der Waals surface area contributed by atoms with Gasteiger partial charge in [-0.3, -0.25) is 0 Å². The van der Waals surface area contributed by atoms with Gasteiger partial charge < -0.3 is 9.84 Å². The van der Waals surface area contributed by atoms with Crippen molar-refractivity contribution >= 4 is 0 Å². The van der Waals surface area contributed by atoms with Crippen LogP contribution in [0.25, 0.3) is 0 Å². The van der Waals surface area contributed by atoms with Crippen LogP contribution in [0.4, 0.5) is 0 Å². The molecule has 3 fully saturated rings. The minimum absolute atomic E-state index is 0.107. The fraction of sp³-hybridized carbons (Fsp3) is 0.800. The van der Waals surface area contributed by atoms with Gasteiger partial charge in [0.2, 0.25) is 0 Å². The molecule has 1 aliphatic heterocycles. The van der Waals surface area contributed by atoms with Gasteiger partial charge in [0.1, 0.15) is 0 Å². The lowest BCUT2D eigenvalue weighted by Gasteiger charge is -2.58. The summed E-state index contributed by atoms with van der Waals surface area (Å²) in [5.41, 5.74) is 3.33. The van der Waals surface area contributed by atoms with Crippen LogP contribution in [0.1, 0.15) is 58.8 Å². The van der Waals surface area contributed by atoms with Crippen molar-refractivity contribution < 1.29 is 9.84 Å². The Kier molecular flexibility index (Phi) is 4.53. The number of aliphatic hydroxyl groups is 1. The molecule has 0 aromatic carbocycles. The number of allylic oxidation sites excluding steroid dienone is 2. The molecule has 0 amide bonds. The lowest BCUT2D eigenvalue weighted by Crippen LogP contribution is -2.51. The zero-order chi connectivity index (χ0) is 15.8. The van der Waals surface area contributed by atoms with Crippen LogP contribution in [0.2, 0.25) is 0 Å². The molecule has 1 N–H and O–H groups in total. The molecule has 2 aliphatic carbocycles. The number of rotatable bonds is 3. The van der Waals surface area contributed by atoms with Gasteiger partial charge in [0.15, 0.2) is 0 Å². The number of ether oxygens (including phenoxy) is 1. The lowest BCUT2D eigenvalue weighted by atomic mass is 9.47. The Bertz CT molecular complexity index is 458. The largest absolute Gasteiger partial charge is 0.396 e. The van der Waals surface area contributed by atoms with Crippen LogP contribution in [-0.4, -0.2) is 24.9 Å². The predicted molar refractivity (Wildman–Crippen MR) is 90.6 cm³/mol. The lowest BCUT2D eigenvalue weighted by molar-refractivity contribution is -0.0838. The third kappa shape index (κ3) is 2.69. The fourth-order valence-corrected chi connectivity index (χ4v) is 5.63. The highest BCUT2D eigenvalue weighted by atomic mass is 16.5. The van der Waals surface area contributed by atoms with Crippen molar-refractivity contribution in [2.45, 2.75) is 58.8 Å². The number of fused-ring (bicyclic) bond motifs is 1. The zero-order valence-electron chi connectivity index (χ0n) is 14.4. The van der Waals surface area contributed by atoms with Crippen molar-refractivity contribution in [1.29, 1.82) is 0 Å². The van der Waals surface area contributed by atoms with E-state index in [1.165, 1.54) is 36.8 Å². The first kappa shape index (κ1) is 16.3. The molecular formula is C20H32O2. The highest BCUT2D eigenvalue weighted by molar-refractivity contribution is 5.19. The van der Waals surface area contributed by atoms with E-state index in [-0.39, 0.29) is 5.41 Å². The van der Waals surface area contributed by atoms with Crippen molar-refractivity contribution in [1.82, 2.24) is 0 Å². The van der Waals surface area contributed by atoms with Crippen LogP contribution in [-0.2, 0) is 4.74 Å². The molecule has 0 aromatic rings. The van der Waals surface area contributed by atoms with E-state index in [1.807, 2.05) is 0 Å². The second kappa shape index (κ2) is 6.13. The monoisotopic (exact) mass is 304 g/mol. The zero-order valence-corrected chi connectivity index (χ0v) is 14.4. The highest BCUT2D eigenvalue weighted by Crippen LogP contribution is 2.61. The summed E-state index contributed by atoms with van der Waals surface area (Å²) in [4.78, 5) is 0. The molecule has 2 heteroatoms. The number of hydrogen-bond donors (Lipinski definition) is 1. The van der Waals surface area contributed by atoms with E-state index in [1.54, 1.807) is 0 Å². The third-order valence-corrected chi connectivity index (χ3v) is 7.00. The smallest absolute Gasteiger partial charge is 0.0677 e. The Hall–Kier alpha value is -0.600. The van der Waals surface area contributed by atoms with E-state index in [0.29, 0.717) is 23.9 Å². The molecule has 0 bridgehead atoms. The molecule has 2 saturated carbocycles. The molecule has 0 unspecified atom stereocenters. The maximum absolute atomic E-state index is 10.0. The topological polar surface area (TPSA) is 29.5 Å². The van der Waals surface area contributed by atoms with E-state index in [9.17, 15) is 5.11 Å². The molecule has 0 radical (unpaired) electrons. The summed E-state index contributed by atoms with van der Waals surface area (Å²) in [6.45, 7) is 11.3. The average Bonchev–Trinajstić information content (AvgIpc) is 2.99. The van der Waals surface area contributed by atoms with Gasteiger partial charge in [0, 0.05) is 6.61 Å². The van der Waals surface area contributed by atoms with E-state index in [2.05, 4.69) is 26.5 Å². The van der Waals surface area contributed by atoms with Gasteiger partial charge in [-0.2, -0.15) is 0 Å². The summed E-state index contributed by atoms with van der Waals surface area (Å²) < 4.78 is 5.48. The molecule has 1 heterocycles. The molecule has 3 rings (SSSR count). The number of aliphatic hydroxyl groups excluding tert-OH is 1. The molecule has 0 aromatic heterocycles. The van der Waals surface area contributed by atoms with Gasteiger partial charge in [0.05, 0.1) is 13.2 Å². The molecule has 4 atom stereocenters. The summed E-state index contributed by atoms with van der Waals surface area (Å²) in [5, 5.41) is 10.0. The summed E-state index contributed by atoms with van der Waals surface area (Å²) in [6, 6.07) is 0. The fourth-order valence-electron chi connectivity index (χ4n) is 5.63. The summed E-state index contributed by atoms with van der Waals surface area (Å²) in [6.07, 6.45) is 10.7. The van der Waals surface area contributed by atoms with Gasteiger partial charge in [-0.25, -0.2) is 0 Å². The van der Waals surface area contributed by atoms with Crippen molar-refractivity contribution in [3.05, 3.63) is 23.8 Å².